The lowest BCUT2D eigenvalue weighted by atomic mass is 10.1. The molecule has 0 N–H and O–H groups in total. The molecule has 0 bridgehead atoms. The van der Waals surface area contributed by atoms with Crippen LogP contribution in [0.4, 0.5) is 4.79 Å². The monoisotopic (exact) mass is 557 g/mol. The summed E-state index contributed by atoms with van der Waals surface area (Å²) >= 11 is 10.7. The number of thioether (sulfide) groups is 1. The van der Waals surface area contributed by atoms with Crippen molar-refractivity contribution < 1.29 is 19.1 Å². The fourth-order valence-corrected chi connectivity index (χ4v) is 5.11. The first kappa shape index (κ1) is 24.4. The van der Waals surface area contributed by atoms with Crippen LogP contribution >= 0.6 is 39.3 Å². The van der Waals surface area contributed by atoms with Gasteiger partial charge >= 0.3 is 0 Å². The second kappa shape index (κ2) is 10.7. The van der Waals surface area contributed by atoms with Gasteiger partial charge in [-0.15, -0.1) is 0 Å². The Morgan fingerprint density at radius 2 is 1.88 bits per heavy atom. The van der Waals surface area contributed by atoms with E-state index in [-0.39, 0.29) is 24.3 Å². The number of amides is 2. The minimum absolute atomic E-state index is 0.242. The number of aryl methyl sites for hydroxylation is 1. The minimum Gasteiger partial charge on any atom is -0.493 e. The molecule has 0 aromatic heterocycles. The Kier molecular flexibility index (Phi) is 7.66. The number of ether oxygens (including phenoxy) is 2. The zero-order valence-corrected chi connectivity index (χ0v) is 21.7. The Morgan fingerprint density at radius 3 is 2.62 bits per heavy atom. The Labute approximate surface area is 215 Å². The number of hydrogen-bond acceptors (Lipinski definition) is 5. The summed E-state index contributed by atoms with van der Waals surface area (Å²) in [6.45, 7) is 2.49. The van der Waals surface area contributed by atoms with Crippen molar-refractivity contribution in [3.05, 3.63) is 97.3 Å². The molecule has 1 aliphatic heterocycles. The van der Waals surface area contributed by atoms with E-state index in [1.165, 1.54) is 4.90 Å². The van der Waals surface area contributed by atoms with Crippen LogP contribution in [0.3, 0.4) is 0 Å². The lowest BCUT2D eigenvalue weighted by Crippen LogP contribution is -2.27. The molecular weight excluding hydrogens is 538 g/mol. The van der Waals surface area contributed by atoms with Crippen LogP contribution in [-0.4, -0.2) is 23.2 Å². The summed E-state index contributed by atoms with van der Waals surface area (Å²) < 4.78 is 12.1. The average Bonchev–Trinajstić information content (AvgIpc) is 3.06. The third-order valence-corrected chi connectivity index (χ3v) is 7.04. The van der Waals surface area contributed by atoms with Gasteiger partial charge < -0.3 is 9.47 Å². The van der Waals surface area contributed by atoms with Crippen molar-refractivity contribution >= 4 is 56.5 Å². The van der Waals surface area contributed by atoms with Crippen molar-refractivity contribution in [2.45, 2.75) is 20.1 Å². The van der Waals surface area contributed by atoms with Gasteiger partial charge in [0.1, 0.15) is 6.61 Å². The lowest BCUT2D eigenvalue weighted by molar-refractivity contribution is -0.123. The van der Waals surface area contributed by atoms with E-state index in [2.05, 4.69) is 15.9 Å². The molecular formula is C26H21BrClNO4S. The topological polar surface area (TPSA) is 55.8 Å². The number of methoxy groups -OCH3 is 1. The molecule has 3 aromatic carbocycles. The number of carbonyl (C=O) groups excluding carboxylic acids is 2. The number of carbonyl (C=O) groups is 2. The number of nitrogens with zero attached hydrogens (tertiary/aromatic N) is 1. The van der Waals surface area contributed by atoms with Crippen molar-refractivity contribution in [2.24, 2.45) is 0 Å². The van der Waals surface area contributed by atoms with E-state index in [4.69, 9.17) is 21.1 Å². The van der Waals surface area contributed by atoms with Crippen LogP contribution in [0.25, 0.3) is 6.08 Å². The van der Waals surface area contributed by atoms with E-state index in [1.54, 1.807) is 19.3 Å². The average molecular weight is 559 g/mol. The predicted octanol–water partition coefficient (Wildman–Crippen LogP) is 7.24. The fraction of sp³-hybridized carbons (Fsp3) is 0.154. The van der Waals surface area contributed by atoms with Gasteiger partial charge in [-0.1, -0.05) is 59.6 Å². The van der Waals surface area contributed by atoms with Crippen LogP contribution in [0.15, 0.2) is 70.0 Å². The molecule has 0 atom stereocenters. The number of halogens is 2. The number of hydrogen-bond donors (Lipinski definition) is 0. The molecule has 2 amide bonds. The highest BCUT2D eigenvalue weighted by Gasteiger charge is 2.35. The Bertz CT molecular complexity index is 1290. The molecule has 0 radical (unpaired) electrons. The molecule has 1 fully saturated rings. The van der Waals surface area contributed by atoms with Crippen molar-refractivity contribution in [3.63, 3.8) is 0 Å². The molecule has 0 saturated carbocycles. The van der Waals surface area contributed by atoms with Gasteiger partial charge in [-0.3, -0.25) is 14.5 Å². The predicted molar refractivity (Wildman–Crippen MR) is 139 cm³/mol. The van der Waals surface area contributed by atoms with Gasteiger partial charge in [-0.2, -0.15) is 0 Å². The van der Waals surface area contributed by atoms with Crippen LogP contribution in [0.1, 0.15) is 22.3 Å². The highest BCUT2D eigenvalue weighted by molar-refractivity contribution is 9.10. The van der Waals surface area contributed by atoms with Crippen LogP contribution in [-0.2, 0) is 17.9 Å². The van der Waals surface area contributed by atoms with Gasteiger partial charge in [0.25, 0.3) is 11.1 Å². The maximum Gasteiger partial charge on any atom is 0.293 e. The van der Waals surface area contributed by atoms with Gasteiger partial charge in [-0.25, -0.2) is 0 Å². The van der Waals surface area contributed by atoms with E-state index in [0.717, 1.165) is 28.5 Å². The quantitative estimate of drug-likeness (QED) is 0.286. The number of imide groups is 1. The molecule has 0 spiro atoms. The Hall–Kier alpha value is -2.74. The standard InChI is InChI=1S/C26H21BrClNO4S/c1-16-6-5-7-17(10-16)14-29-25(30)23(34-26(29)31)13-18-11-20(27)24(22(12-18)32-2)33-15-19-8-3-4-9-21(19)28/h3-13H,14-15H2,1-2H3/b23-13+. The van der Waals surface area contributed by atoms with Gasteiger partial charge in [0.15, 0.2) is 11.5 Å². The summed E-state index contributed by atoms with van der Waals surface area (Å²) in [5.41, 5.74) is 3.54. The smallest absolute Gasteiger partial charge is 0.293 e. The first-order valence-corrected chi connectivity index (χ1v) is 12.4. The van der Waals surface area contributed by atoms with Gasteiger partial charge in [-0.05, 0) is 70.0 Å². The van der Waals surface area contributed by atoms with Crippen LogP contribution in [0.2, 0.25) is 5.02 Å². The summed E-state index contributed by atoms with van der Waals surface area (Å²) in [5, 5.41) is 0.332. The van der Waals surface area contributed by atoms with E-state index in [9.17, 15) is 9.59 Å². The molecule has 1 saturated heterocycles. The Morgan fingerprint density at radius 1 is 1.09 bits per heavy atom. The third-order valence-electron chi connectivity index (χ3n) is 5.18. The van der Waals surface area contributed by atoms with Gasteiger partial charge in [0.2, 0.25) is 0 Å². The zero-order valence-electron chi connectivity index (χ0n) is 18.5. The molecule has 5 nitrogen and oxygen atoms in total. The largest absolute Gasteiger partial charge is 0.493 e. The number of benzene rings is 3. The number of rotatable bonds is 7. The minimum atomic E-state index is -0.314. The van der Waals surface area contributed by atoms with Crippen LogP contribution in [0.5, 0.6) is 11.5 Å². The molecule has 1 aliphatic rings. The molecule has 8 heteroatoms. The van der Waals surface area contributed by atoms with Gasteiger partial charge in [0, 0.05) is 10.6 Å². The SMILES string of the molecule is COc1cc(/C=C2/SC(=O)N(Cc3cccc(C)c3)C2=O)cc(Br)c1OCc1ccccc1Cl. The maximum absolute atomic E-state index is 12.9. The zero-order chi connectivity index (χ0) is 24.2. The summed E-state index contributed by atoms with van der Waals surface area (Å²) in [5.74, 6) is 0.699. The normalized spacial score (nSPS) is 14.7. The molecule has 4 rings (SSSR count). The van der Waals surface area contributed by atoms with E-state index >= 15 is 0 Å². The molecule has 0 unspecified atom stereocenters. The molecule has 34 heavy (non-hydrogen) atoms. The summed E-state index contributed by atoms with van der Waals surface area (Å²) in [6.07, 6.45) is 1.69. The van der Waals surface area contributed by atoms with E-state index < -0.39 is 0 Å². The molecule has 3 aromatic rings. The third kappa shape index (κ3) is 5.49. The first-order valence-electron chi connectivity index (χ1n) is 10.4. The maximum atomic E-state index is 12.9. The van der Waals surface area contributed by atoms with Crippen molar-refractivity contribution in [3.8, 4) is 11.5 Å². The Balaban J connectivity index is 1.54. The van der Waals surface area contributed by atoms with Crippen LogP contribution < -0.4 is 9.47 Å². The van der Waals surface area contributed by atoms with Crippen molar-refractivity contribution in [1.29, 1.82) is 0 Å². The second-order valence-corrected chi connectivity index (χ2v) is 9.93. The van der Waals surface area contributed by atoms with Gasteiger partial charge in [0.05, 0.1) is 23.0 Å². The molecule has 0 aliphatic carbocycles. The fourth-order valence-electron chi connectivity index (χ4n) is 3.51. The first-order chi connectivity index (χ1) is 16.4. The van der Waals surface area contributed by atoms with E-state index in [0.29, 0.717) is 31.5 Å². The lowest BCUT2D eigenvalue weighted by Gasteiger charge is -2.14. The van der Waals surface area contributed by atoms with Crippen molar-refractivity contribution in [1.82, 2.24) is 4.90 Å². The summed E-state index contributed by atoms with van der Waals surface area (Å²) in [7, 11) is 1.55. The van der Waals surface area contributed by atoms with Crippen LogP contribution in [0, 0.1) is 6.92 Å². The highest BCUT2D eigenvalue weighted by atomic mass is 79.9. The van der Waals surface area contributed by atoms with Crippen molar-refractivity contribution in [2.75, 3.05) is 7.11 Å². The molecule has 1 heterocycles. The molecule has 174 valence electrons. The second-order valence-electron chi connectivity index (χ2n) is 7.67. The van der Waals surface area contributed by atoms with E-state index in [1.807, 2.05) is 61.5 Å². The highest BCUT2D eigenvalue weighted by Crippen LogP contribution is 2.40. The summed E-state index contributed by atoms with van der Waals surface area (Å²) in [6, 6.07) is 18.8. The summed E-state index contributed by atoms with van der Waals surface area (Å²) in [4.78, 5) is 27.1.